The Morgan fingerprint density at radius 1 is 1.69 bits per heavy atom. The maximum absolute atomic E-state index is 5.42. The first kappa shape index (κ1) is 8.10. The zero-order valence-corrected chi connectivity index (χ0v) is 7.69. The number of ether oxygens (including phenoxy) is 1. The van der Waals surface area contributed by atoms with Crippen molar-refractivity contribution < 1.29 is 4.74 Å². The average molecular weight is 180 g/mol. The van der Waals surface area contributed by atoms with Gasteiger partial charge in [0.2, 0.25) is 0 Å². The molecule has 0 spiro atoms. The molecule has 5 nitrogen and oxygen atoms in total. The van der Waals surface area contributed by atoms with E-state index in [0.717, 1.165) is 11.3 Å². The summed E-state index contributed by atoms with van der Waals surface area (Å²) in [4.78, 5) is 3.98. The molecule has 1 aliphatic rings. The van der Waals surface area contributed by atoms with Crippen molar-refractivity contribution in [2.24, 2.45) is 17.8 Å². The number of hydrogen-bond donors (Lipinski definition) is 1. The second kappa shape index (κ2) is 2.76. The maximum Gasteiger partial charge on any atom is 0.282 e. The lowest BCUT2D eigenvalue weighted by molar-refractivity contribution is 0.225. The third-order valence-electron chi connectivity index (χ3n) is 2.07. The minimum Gasteiger partial charge on any atom is -0.455 e. The molecule has 70 valence electrons. The van der Waals surface area contributed by atoms with Gasteiger partial charge in [0, 0.05) is 18.8 Å². The van der Waals surface area contributed by atoms with Gasteiger partial charge in [-0.2, -0.15) is 5.10 Å². The molecule has 5 heteroatoms. The van der Waals surface area contributed by atoms with Gasteiger partial charge in [-0.25, -0.2) is 4.99 Å². The number of amidine groups is 1. The molecule has 0 amide bonds. The third kappa shape index (κ3) is 1.37. The van der Waals surface area contributed by atoms with E-state index in [2.05, 4.69) is 10.1 Å². The number of aromatic nitrogens is 2. The number of aryl methyl sites for hydroxylation is 2. The van der Waals surface area contributed by atoms with E-state index < -0.39 is 0 Å². The summed E-state index contributed by atoms with van der Waals surface area (Å²) in [7, 11) is 1.88. The van der Waals surface area contributed by atoms with E-state index in [4.69, 9.17) is 10.5 Å². The van der Waals surface area contributed by atoms with Crippen LogP contribution in [0, 0.1) is 6.92 Å². The minimum absolute atomic E-state index is 0.0475. The van der Waals surface area contributed by atoms with Gasteiger partial charge in [0.15, 0.2) is 0 Å². The number of aliphatic imine (C=N–C) groups is 1. The molecule has 1 aromatic rings. The van der Waals surface area contributed by atoms with Crippen molar-refractivity contribution in [3.05, 3.63) is 17.5 Å². The van der Waals surface area contributed by atoms with Crippen molar-refractivity contribution in [2.45, 2.75) is 13.0 Å². The van der Waals surface area contributed by atoms with E-state index >= 15 is 0 Å². The van der Waals surface area contributed by atoms with E-state index in [0.29, 0.717) is 6.54 Å². The molecule has 0 aromatic carbocycles. The fraction of sp³-hybridized carbons (Fsp3) is 0.500. The van der Waals surface area contributed by atoms with Gasteiger partial charge in [0.25, 0.3) is 6.02 Å². The molecule has 0 fully saturated rings. The Balaban J connectivity index is 2.22. The van der Waals surface area contributed by atoms with Gasteiger partial charge < -0.3 is 10.5 Å². The van der Waals surface area contributed by atoms with Crippen molar-refractivity contribution in [3.8, 4) is 0 Å². The van der Waals surface area contributed by atoms with E-state index in [-0.39, 0.29) is 12.1 Å². The van der Waals surface area contributed by atoms with Crippen LogP contribution in [0.1, 0.15) is 17.4 Å². The number of nitrogens with zero attached hydrogens (tertiary/aromatic N) is 3. The second-order valence-electron chi connectivity index (χ2n) is 3.13. The molecule has 0 radical (unpaired) electrons. The molecule has 2 heterocycles. The Hall–Kier alpha value is -1.52. The zero-order valence-electron chi connectivity index (χ0n) is 7.69. The van der Waals surface area contributed by atoms with Crippen molar-refractivity contribution in [2.75, 3.05) is 6.54 Å². The molecular formula is C8H12N4O. The van der Waals surface area contributed by atoms with E-state index in [9.17, 15) is 0 Å². The highest BCUT2D eigenvalue weighted by atomic mass is 16.5. The van der Waals surface area contributed by atoms with Crippen molar-refractivity contribution >= 4 is 6.02 Å². The van der Waals surface area contributed by atoms with E-state index in [1.54, 1.807) is 4.68 Å². The molecular weight excluding hydrogens is 168 g/mol. The SMILES string of the molecule is Cc1nn(C)cc1C1CN=C(N)O1. The number of hydrogen-bond acceptors (Lipinski definition) is 4. The Morgan fingerprint density at radius 3 is 2.92 bits per heavy atom. The summed E-state index contributed by atoms with van der Waals surface area (Å²) in [6, 6.07) is 0.272. The molecule has 1 aliphatic heterocycles. The summed E-state index contributed by atoms with van der Waals surface area (Å²) in [5.74, 6) is 0. The average Bonchev–Trinajstić information content (AvgIpc) is 2.58. The summed E-state index contributed by atoms with van der Waals surface area (Å²) in [6.45, 7) is 2.55. The lowest BCUT2D eigenvalue weighted by atomic mass is 10.1. The van der Waals surface area contributed by atoms with Crippen molar-refractivity contribution in [3.63, 3.8) is 0 Å². The standard InChI is InChI=1S/C8H12N4O/c1-5-6(4-12(2)11-5)7-3-10-8(9)13-7/h4,7H,3H2,1-2H3,(H2,9,10). The van der Waals surface area contributed by atoms with Crippen LogP contribution in [0.4, 0.5) is 0 Å². The molecule has 13 heavy (non-hydrogen) atoms. The predicted octanol–water partition coefficient (Wildman–Crippen LogP) is 0.115. The summed E-state index contributed by atoms with van der Waals surface area (Å²) in [5.41, 5.74) is 7.45. The van der Waals surface area contributed by atoms with Gasteiger partial charge in [-0.05, 0) is 6.92 Å². The monoisotopic (exact) mass is 180 g/mol. The van der Waals surface area contributed by atoms with Gasteiger partial charge in [0.05, 0.1) is 12.2 Å². The molecule has 1 atom stereocenters. The Morgan fingerprint density at radius 2 is 2.46 bits per heavy atom. The highest BCUT2D eigenvalue weighted by molar-refractivity contribution is 5.73. The van der Waals surface area contributed by atoms with E-state index in [1.165, 1.54) is 0 Å². The molecule has 0 saturated carbocycles. The first-order valence-corrected chi connectivity index (χ1v) is 4.13. The van der Waals surface area contributed by atoms with Gasteiger partial charge in [0.1, 0.15) is 6.10 Å². The van der Waals surface area contributed by atoms with Crippen LogP contribution < -0.4 is 5.73 Å². The number of nitrogens with two attached hydrogens (primary N) is 1. The molecule has 0 bridgehead atoms. The van der Waals surface area contributed by atoms with Crippen LogP contribution in [0.2, 0.25) is 0 Å². The van der Waals surface area contributed by atoms with Gasteiger partial charge in [-0.15, -0.1) is 0 Å². The summed E-state index contributed by atoms with van der Waals surface area (Å²) < 4.78 is 7.08. The fourth-order valence-electron chi connectivity index (χ4n) is 1.49. The van der Waals surface area contributed by atoms with Crippen LogP contribution >= 0.6 is 0 Å². The van der Waals surface area contributed by atoms with Crippen LogP contribution in [0.25, 0.3) is 0 Å². The van der Waals surface area contributed by atoms with Crippen molar-refractivity contribution in [1.82, 2.24) is 9.78 Å². The van der Waals surface area contributed by atoms with Crippen molar-refractivity contribution in [1.29, 1.82) is 0 Å². The quantitative estimate of drug-likeness (QED) is 0.667. The predicted molar refractivity (Wildman–Crippen MR) is 48.3 cm³/mol. The smallest absolute Gasteiger partial charge is 0.282 e. The normalized spacial score (nSPS) is 21.4. The molecule has 1 aromatic heterocycles. The molecule has 2 N–H and O–H groups in total. The van der Waals surface area contributed by atoms with Crippen LogP contribution in [0.15, 0.2) is 11.2 Å². The van der Waals surface area contributed by atoms with Crippen LogP contribution in [-0.2, 0) is 11.8 Å². The largest absolute Gasteiger partial charge is 0.455 e. The first-order chi connectivity index (χ1) is 6.16. The summed E-state index contributed by atoms with van der Waals surface area (Å²) in [6.07, 6.45) is 1.89. The Labute approximate surface area is 76.2 Å². The van der Waals surface area contributed by atoms with Crippen LogP contribution in [-0.4, -0.2) is 22.3 Å². The van der Waals surface area contributed by atoms with E-state index in [1.807, 2.05) is 20.2 Å². The zero-order chi connectivity index (χ0) is 9.42. The second-order valence-corrected chi connectivity index (χ2v) is 3.13. The maximum atomic E-state index is 5.42. The Kier molecular flexibility index (Phi) is 1.72. The lowest BCUT2D eigenvalue weighted by Gasteiger charge is -2.07. The Bertz CT molecular complexity index is 355. The first-order valence-electron chi connectivity index (χ1n) is 4.13. The molecule has 0 saturated heterocycles. The molecule has 2 rings (SSSR count). The lowest BCUT2D eigenvalue weighted by Crippen LogP contribution is -2.13. The molecule has 1 unspecified atom stereocenters. The molecule has 0 aliphatic carbocycles. The van der Waals surface area contributed by atoms with Crippen LogP contribution in [0.5, 0.6) is 0 Å². The number of rotatable bonds is 1. The third-order valence-corrected chi connectivity index (χ3v) is 2.07. The topological polar surface area (TPSA) is 65.4 Å². The van der Waals surface area contributed by atoms with Gasteiger partial charge >= 0.3 is 0 Å². The summed E-state index contributed by atoms with van der Waals surface area (Å²) in [5, 5.41) is 4.23. The fourth-order valence-corrected chi connectivity index (χ4v) is 1.49. The minimum atomic E-state index is -0.0475. The highest BCUT2D eigenvalue weighted by Gasteiger charge is 2.23. The summed E-state index contributed by atoms with van der Waals surface area (Å²) >= 11 is 0. The van der Waals surface area contributed by atoms with Gasteiger partial charge in [-0.1, -0.05) is 0 Å². The van der Waals surface area contributed by atoms with Crippen LogP contribution in [0.3, 0.4) is 0 Å². The highest BCUT2D eigenvalue weighted by Crippen LogP contribution is 2.23. The van der Waals surface area contributed by atoms with Gasteiger partial charge in [-0.3, -0.25) is 4.68 Å².